The summed E-state index contributed by atoms with van der Waals surface area (Å²) in [5.41, 5.74) is 1.83. The van der Waals surface area contributed by atoms with Gasteiger partial charge < -0.3 is 9.64 Å². The van der Waals surface area contributed by atoms with Gasteiger partial charge in [0.15, 0.2) is 5.69 Å². The van der Waals surface area contributed by atoms with Crippen molar-refractivity contribution in [2.75, 3.05) is 6.54 Å². The third-order valence-corrected chi connectivity index (χ3v) is 5.96. The number of para-hydroxylation sites is 1. The van der Waals surface area contributed by atoms with Gasteiger partial charge in [0.25, 0.3) is 5.91 Å². The van der Waals surface area contributed by atoms with E-state index >= 15 is 0 Å². The van der Waals surface area contributed by atoms with Gasteiger partial charge in [0.1, 0.15) is 12.1 Å². The lowest BCUT2D eigenvalue weighted by Crippen LogP contribution is -2.30. The lowest BCUT2D eigenvalue weighted by Gasteiger charge is -2.23. The van der Waals surface area contributed by atoms with Crippen molar-refractivity contribution in [2.45, 2.75) is 18.9 Å². The standard InChI is InChI=1S/C21H15Cl2N3O3/c22-12-5-1-2-9-16(12)29-21(28)18-19-15-8-4-10-25(15)20(27)17-13(23)6-3-7-14(17)26(19)11-24-18/h1-3,5-7,9,11,15H,4,8,10H2/t15-/m0/s1. The molecule has 1 saturated heterocycles. The highest BCUT2D eigenvalue weighted by molar-refractivity contribution is 6.34. The van der Waals surface area contributed by atoms with E-state index in [0.717, 1.165) is 12.8 Å². The first-order valence-corrected chi connectivity index (χ1v) is 9.95. The first-order chi connectivity index (χ1) is 14.1. The SMILES string of the molecule is O=C(Oc1ccccc1Cl)c1ncn2c1[C@@H]1CCCN1C(=O)c1c(Cl)cccc1-2. The van der Waals surface area contributed by atoms with Crippen LogP contribution in [0.1, 0.15) is 45.4 Å². The number of ether oxygens (including phenoxy) is 1. The molecule has 2 aliphatic rings. The summed E-state index contributed by atoms with van der Waals surface area (Å²) in [6.45, 7) is 0.596. The topological polar surface area (TPSA) is 64.4 Å². The number of halogens is 2. The van der Waals surface area contributed by atoms with Gasteiger partial charge >= 0.3 is 5.97 Å². The maximum absolute atomic E-state index is 13.2. The average Bonchev–Trinajstić information content (AvgIpc) is 3.33. The average molecular weight is 428 g/mol. The Morgan fingerprint density at radius 3 is 2.72 bits per heavy atom. The number of fused-ring (bicyclic) bond motifs is 5. The van der Waals surface area contributed by atoms with E-state index in [2.05, 4.69) is 4.98 Å². The van der Waals surface area contributed by atoms with Crippen LogP contribution < -0.4 is 4.74 Å². The van der Waals surface area contributed by atoms with Crippen LogP contribution in [-0.4, -0.2) is 32.9 Å². The summed E-state index contributed by atoms with van der Waals surface area (Å²) >= 11 is 12.5. The third-order valence-electron chi connectivity index (χ3n) is 5.33. The van der Waals surface area contributed by atoms with E-state index < -0.39 is 5.97 Å². The van der Waals surface area contributed by atoms with E-state index in [1.807, 2.05) is 0 Å². The fourth-order valence-corrected chi connectivity index (χ4v) is 4.49. The first-order valence-electron chi connectivity index (χ1n) is 9.20. The predicted molar refractivity (Wildman–Crippen MR) is 108 cm³/mol. The molecule has 0 spiro atoms. The van der Waals surface area contributed by atoms with E-state index in [1.54, 1.807) is 58.3 Å². The zero-order valence-electron chi connectivity index (χ0n) is 15.1. The van der Waals surface area contributed by atoms with Gasteiger partial charge in [0, 0.05) is 6.54 Å². The summed E-state index contributed by atoms with van der Waals surface area (Å²) in [6.07, 6.45) is 3.11. The molecule has 5 rings (SSSR count). The highest BCUT2D eigenvalue weighted by atomic mass is 35.5. The number of imidazole rings is 1. The second-order valence-electron chi connectivity index (χ2n) is 6.96. The minimum absolute atomic E-state index is 0.137. The van der Waals surface area contributed by atoms with Crippen LogP contribution in [-0.2, 0) is 0 Å². The fraction of sp³-hybridized carbons (Fsp3) is 0.190. The van der Waals surface area contributed by atoms with Gasteiger partial charge in [-0.15, -0.1) is 0 Å². The lowest BCUT2D eigenvalue weighted by atomic mass is 10.1. The molecule has 3 aromatic rings. The van der Waals surface area contributed by atoms with Crippen LogP contribution in [0.3, 0.4) is 0 Å². The molecule has 1 amide bonds. The number of hydrogen-bond donors (Lipinski definition) is 0. The zero-order chi connectivity index (χ0) is 20.1. The monoisotopic (exact) mass is 427 g/mol. The molecule has 0 bridgehead atoms. The smallest absolute Gasteiger partial charge is 0.364 e. The molecule has 0 radical (unpaired) electrons. The van der Waals surface area contributed by atoms with Crippen LogP contribution in [0, 0.1) is 0 Å². The molecule has 6 nitrogen and oxygen atoms in total. The second kappa shape index (κ2) is 6.90. The minimum Gasteiger partial charge on any atom is -0.420 e. The Bertz CT molecular complexity index is 1160. The van der Waals surface area contributed by atoms with E-state index in [1.165, 1.54) is 0 Å². The molecular formula is C21H15Cl2N3O3. The van der Waals surface area contributed by atoms with E-state index in [9.17, 15) is 9.59 Å². The number of nitrogens with zero attached hydrogens (tertiary/aromatic N) is 3. The predicted octanol–water partition coefficient (Wildman–Crippen LogP) is 4.69. The largest absolute Gasteiger partial charge is 0.420 e. The molecule has 8 heteroatoms. The first kappa shape index (κ1) is 18.2. The molecule has 1 aromatic heterocycles. The third kappa shape index (κ3) is 2.82. The van der Waals surface area contributed by atoms with E-state index in [-0.39, 0.29) is 23.4 Å². The number of hydrogen-bond acceptors (Lipinski definition) is 4. The van der Waals surface area contributed by atoms with Gasteiger partial charge in [-0.05, 0) is 37.1 Å². The molecule has 0 unspecified atom stereocenters. The summed E-state index contributed by atoms with van der Waals surface area (Å²) in [6, 6.07) is 11.7. The van der Waals surface area contributed by atoms with Gasteiger partial charge in [-0.1, -0.05) is 41.4 Å². The Kier molecular flexibility index (Phi) is 4.33. The minimum atomic E-state index is -0.614. The van der Waals surface area contributed by atoms with Crippen molar-refractivity contribution < 1.29 is 14.3 Å². The van der Waals surface area contributed by atoms with Crippen molar-refractivity contribution in [3.63, 3.8) is 0 Å². The van der Waals surface area contributed by atoms with Crippen molar-refractivity contribution in [3.8, 4) is 11.4 Å². The Hall–Kier alpha value is -2.83. The van der Waals surface area contributed by atoms with Crippen LogP contribution in [0.2, 0.25) is 10.0 Å². The van der Waals surface area contributed by atoms with Crippen molar-refractivity contribution >= 4 is 35.1 Å². The van der Waals surface area contributed by atoms with Crippen molar-refractivity contribution in [1.29, 1.82) is 0 Å². The van der Waals surface area contributed by atoms with Crippen LogP contribution in [0.4, 0.5) is 0 Å². The summed E-state index contributed by atoms with van der Waals surface area (Å²) < 4.78 is 7.28. The molecule has 3 heterocycles. The molecule has 146 valence electrons. The zero-order valence-corrected chi connectivity index (χ0v) is 16.7. The van der Waals surface area contributed by atoms with Gasteiger partial charge in [0.2, 0.25) is 0 Å². The van der Waals surface area contributed by atoms with E-state index in [0.29, 0.717) is 33.5 Å². The molecule has 29 heavy (non-hydrogen) atoms. The maximum Gasteiger partial charge on any atom is 0.364 e. The molecular weight excluding hydrogens is 413 g/mol. The Morgan fingerprint density at radius 2 is 1.90 bits per heavy atom. The quantitative estimate of drug-likeness (QED) is 0.439. The number of carbonyl (C=O) groups excluding carboxylic acids is 2. The number of amides is 1. The normalized spacial score (nSPS) is 17.4. The Labute approximate surface area is 176 Å². The molecule has 0 aliphatic carbocycles. The van der Waals surface area contributed by atoms with Crippen LogP contribution in [0.5, 0.6) is 5.75 Å². The van der Waals surface area contributed by atoms with Gasteiger partial charge in [-0.2, -0.15) is 0 Å². The van der Waals surface area contributed by atoms with Crippen molar-refractivity contribution in [3.05, 3.63) is 75.8 Å². The van der Waals surface area contributed by atoms with Crippen molar-refractivity contribution in [1.82, 2.24) is 14.5 Å². The van der Waals surface area contributed by atoms with Gasteiger partial charge in [-0.25, -0.2) is 9.78 Å². The summed E-state index contributed by atoms with van der Waals surface area (Å²) in [7, 11) is 0. The number of aromatic nitrogens is 2. The molecule has 1 atom stereocenters. The van der Waals surface area contributed by atoms with E-state index in [4.69, 9.17) is 27.9 Å². The Morgan fingerprint density at radius 1 is 1.10 bits per heavy atom. The highest BCUT2D eigenvalue weighted by Crippen LogP contribution is 2.41. The number of rotatable bonds is 2. The molecule has 2 aliphatic heterocycles. The maximum atomic E-state index is 13.2. The molecule has 1 fully saturated rings. The fourth-order valence-electron chi connectivity index (χ4n) is 4.06. The van der Waals surface area contributed by atoms with Crippen molar-refractivity contribution in [2.24, 2.45) is 0 Å². The van der Waals surface area contributed by atoms with Crippen LogP contribution >= 0.6 is 23.2 Å². The van der Waals surface area contributed by atoms with Gasteiger partial charge in [0.05, 0.1) is 33.0 Å². The highest BCUT2D eigenvalue weighted by Gasteiger charge is 2.41. The van der Waals surface area contributed by atoms with Crippen LogP contribution in [0.15, 0.2) is 48.8 Å². The molecule has 0 saturated carbocycles. The summed E-state index contributed by atoms with van der Waals surface area (Å²) in [4.78, 5) is 32.3. The Balaban J connectivity index is 1.65. The second-order valence-corrected chi connectivity index (χ2v) is 7.77. The number of carbonyl (C=O) groups is 2. The molecule has 2 aromatic carbocycles. The summed E-state index contributed by atoms with van der Waals surface area (Å²) in [5, 5.41) is 0.709. The number of benzene rings is 2. The molecule has 0 N–H and O–H groups in total. The number of esters is 1. The van der Waals surface area contributed by atoms with Gasteiger partial charge in [-0.3, -0.25) is 9.36 Å². The van der Waals surface area contributed by atoms with Crippen LogP contribution in [0.25, 0.3) is 5.69 Å². The summed E-state index contributed by atoms with van der Waals surface area (Å²) in [5.74, 6) is -0.490. The lowest BCUT2D eigenvalue weighted by molar-refractivity contribution is 0.0701.